The normalized spacial score (nSPS) is 17.7. The molecule has 78 valence electrons. The third-order valence-corrected chi connectivity index (χ3v) is 3.04. The highest BCUT2D eigenvalue weighted by atomic mass is 79.9. The van der Waals surface area contributed by atoms with Gasteiger partial charge in [0.2, 0.25) is 0 Å². The fourth-order valence-electron chi connectivity index (χ4n) is 1.85. The maximum atomic E-state index is 5.49. The van der Waals surface area contributed by atoms with Crippen LogP contribution in [0.15, 0.2) is 28.9 Å². The van der Waals surface area contributed by atoms with Gasteiger partial charge in [0.1, 0.15) is 0 Å². The first kappa shape index (κ1) is 9.39. The molecule has 3 rings (SSSR count). The van der Waals surface area contributed by atoms with Crippen LogP contribution in [0.25, 0.3) is 10.9 Å². The summed E-state index contributed by atoms with van der Waals surface area (Å²) in [5.74, 6) is 0. The number of fused-ring (bicyclic) bond motifs is 1. The summed E-state index contributed by atoms with van der Waals surface area (Å²) in [7, 11) is 0. The Kier molecular flexibility index (Phi) is 2.27. The molecule has 1 saturated heterocycles. The van der Waals surface area contributed by atoms with E-state index in [1.165, 1.54) is 0 Å². The Bertz CT molecular complexity index is 488. The number of hydrogen-bond acceptors (Lipinski definition) is 2. The van der Waals surface area contributed by atoms with Crippen LogP contribution in [0, 0.1) is 0 Å². The standard InChI is InChI=1S/C11H10BrNO2/c12-7-1-2-10-8(5-7)9(6-13-10)11-14-3-4-15-11/h1-2,5-6,11,13H,3-4H2. The van der Waals surface area contributed by atoms with Gasteiger partial charge in [-0.3, -0.25) is 0 Å². The molecule has 0 amide bonds. The molecule has 3 nitrogen and oxygen atoms in total. The number of ether oxygens (including phenoxy) is 2. The zero-order chi connectivity index (χ0) is 10.3. The van der Waals surface area contributed by atoms with Crippen LogP contribution >= 0.6 is 15.9 Å². The van der Waals surface area contributed by atoms with E-state index in [4.69, 9.17) is 9.47 Å². The van der Waals surface area contributed by atoms with Crippen molar-refractivity contribution in [2.45, 2.75) is 6.29 Å². The number of benzene rings is 1. The summed E-state index contributed by atoms with van der Waals surface area (Å²) >= 11 is 3.46. The number of rotatable bonds is 1. The van der Waals surface area contributed by atoms with Gasteiger partial charge in [-0.1, -0.05) is 15.9 Å². The monoisotopic (exact) mass is 267 g/mol. The molecule has 1 aliphatic rings. The van der Waals surface area contributed by atoms with Gasteiger partial charge in [-0.15, -0.1) is 0 Å². The zero-order valence-corrected chi connectivity index (χ0v) is 9.58. The summed E-state index contributed by atoms with van der Waals surface area (Å²) in [6.45, 7) is 1.34. The summed E-state index contributed by atoms with van der Waals surface area (Å²) in [5.41, 5.74) is 2.18. The van der Waals surface area contributed by atoms with Crippen LogP contribution in [-0.4, -0.2) is 18.2 Å². The van der Waals surface area contributed by atoms with Crippen molar-refractivity contribution < 1.29 is 9.47 Å². The molecule has 0 unspecified atom stereocenters. The van der Waals surface area contributed by atoms with Gasteiger partial charge in [0, 0.05) is 27.1 Å². The van der Waals surface area contributed by atoms with Gasteiger partial charge >= 0.3 is 0 Å². The molecule has 4 heteroatoms. The number of hydrogen-bond donors (Lipinski definition) is 1. The second-order valence-corrected chi connectivity index (χ2v) is 4.42. The molecule has 1 aliphatic heterocycles. The number of H-pyrrole nitrogens is 1. The van der Waals surface area contributed by atoms with Crippen LogP contribution in [0.3, 0.4) is 0 Å². The number of halogens is 1. The van der Waals surface area contributed by atoms with Crippen LogP contribution in [0.4, 0.5) is 0 Å². The smallest absolute Gasteiger partial charge is 0.186 e. The predicted molar refractivity (Wildman–Crippen MR) is 60.6 cm³/mol. The van der Waals surface area contributed by atoms with Crippen LogP contribution < -0.4 is 0 Å². The second kappa shape index (κ2) is 3.63. The van der Waals surface area contributed by atoms with Gasteiger partial charge in [0.05, 0.1) is 13.2 Å². The molecule has 2 aromatic rings. The molecule has 0 bridgehead atoms. The van der Waals surface area contributed by atoms with Crippen molar-refractivity contribution in [1.82, 2.24) is 4.98 Å². The number of nitrogens with one attached hydrogen (secondary N) is 1. The summed E-state index contributed by atoms with van der Waals surface area (Å²) in [6.07, 6.45) is 1.74. The Hall–Kier alpha value is -0.840. The van der Waals surface area contributed by atoms with E-state index in [0.717, 1.165) is 20.9 Å². The minimum atomic E-state index is -0.215. The van der Waals surface area contributed by atoms with Crippen molar-refractivity contribution in [2.75, 3.05) is 13.2 Å². The van der Waals surface area contributed by atoms with Crippen LogP contribution in [-0.2, 0) is 9.47 Å². The van der Waals surface area contributed by atoms with Crippen molar-refractivity contribution >= 4 is 26.8 Å². The molecular weight excluding hydrogens is 258 g/mol. The molecule has 2 heterocycles. The van der Waals surface area contributed by atoms with Crippen molar-refractivity contribution in [3.05, 3.63) is 34.4 Å². The highest BCUT2D eigenvalue weighted by Crippen LogP contribution is 2.31. The largest absolute Gasteiger partial charge is 0.361 e. The Labute approximate surface area is 95.5 Å². The van der Waals surface area contributed by atoms with E-state index in [0.29, 0.717) is 13.2 Å². The molecular formula is C11H10BrNO2. The van der Waals surface area contributed by atoms with E-state index in [1.807, 2.05) is 18.3 Å². The van der Waals surface area contributed by atoms with Crippen LogP contribution in [0.5, 0.6) is 0 Å². The topological polar surface area (TPSA) is 34.2 Å². The summed E-state index contributed by atoms with van der Waals surface area (Å²) < 4.78 is 12.0. The lowest BCUT2D eigenvalue weighted by atomic mass is 10.2. The van der Waals surface area contributed by atoms with E-state index >= 15 is 0 Å². The summed E-state index contributed by atoms with van der Waals surface area (Å²) in [6, 6.07) is 6.13. The molecule has 0 spiro atoms. The van der Waals surface area contributed by atoms with Gasteiger partial charge < -0.3 is 14.5 Å². The quantitative estimate of drug-likeness (QED) is 0.862. The molecule has 0 atom stereocenters. The molecule has 1 aromatic carbocycles. The minimum Gasteiger partial charge on any atom is -0.361 e. The van der Waals surface area contributed by atoms with Crippen molar-refractivity contribution in [3.63, 3.8) is 0 Å². The molecule has 0 radical (unpaired) electrons. The van der Waals surface area contributed by atoms with Crippen molar-refractivity contribution in [3.8, 4) is 0 Å². The van der Waals surface area contributed by atoms with Gasteiger partial charge in [-0.05, 0) is 18.2 Å². The Morgan fingerprint density at radius 3 is 2.87 bits per heavy atom. The highest BCUT2D eigenvalue weighted by Gasteiger charge is 2.21. The van der Waals surface area contributed by atoms with E-state index in [2.05, 4.69) is 27.0 Å². The van der Waals surface area contributed by atoms with Crippen molar-refractivity contribution in [1.29, 1.82) is 0 Å². The maximum Gasteiger partial charge on any atom is 0.186 e. The summed E-state index contributed by atoms with van der Waals surface area (Å²) in [4.78, 5) is 3.21. The molecule has 1 aromatic heterocycles. The fraction of sp³-hybridized carbons (Fsp3) is 0.273. The van der Waals surface area contributed by atoms with E-state index in [9.17, 15) is 0 Å². The third kappa shape index (κ3) is 1.58. The van der Waals surface area contributed by atoms with Crippen LogP contribution in [0.2, 0.25) is 0 Å². The van der Waals surface area contributed by atoms with E-state index in [1.54, 1.807) is 0 Å². The Morgan fingerprint density at radius 1 is 1.27 bits per heavy atom. The third-order valence-electron chi connectivity index (χ3n) is 2.55. The average Bonchev–Trinajstić information content (AvgIpc) is 2.83. The molecule has 1 fully saturated rings. The average molecular weight is 268 g/mol. The van der Waals surface area contributed by atoms with E-state index in [-0.39, 0.29) is 6.29 Å². The predicted octanol–water partition coefficient (Wildman–Crippen LogP) is 2.98. The first-order valence-corrected chi connectivity index (χ1v) is 5.63. The first-order valence-electron chi connectivity index (χ1n) is 4.84. The SMILES string of the molecule is Brc1ccc2[nH]cc(C3OCCO3)c2c1. The van der Waals surface area contributed by atoms with Gasteiger partial charge in [0.15, 0.2) is 6.29 Å². The fourth-order valence-corrected chi connectivity index (χ4v) is 2.21. The zero-order valence-electron chi connectivity index (χ0n) is 8.00. The van der Waals surface area contributed by atoms with Crippen LogP contribution in [0.1, 0.15) is 11.9 Å². The second-order valence-electron chi connectivity index (χ2n) is 3.51. The lowest BCUT2D eigenvalue weighted by Crippen LogP contribution is -1.96. The molecule has 0 saturated carbocycles. The Balaban J connectivity index is 2.13. The van der Waals surface area contributed by atoms with Crippen molar-refractivity contribution in [2.24, 2.45) is 0 Å². The molecule has 0 aliphatic carbocycles. The maximum absolute atomic E-state index is 5.49. The van der Waals surface area contributed by atoms with Gasteiger partial charge in [-0.2, -0.15) is 0 Å². The first-order chi connectivity index (χ1) is 7.34. The lowest BCUT2D eigenvalue weighted by Gasteiger charge is -2.07. The van der Waals surface area contributed by atoms with E-state index < -0.39 is 0 Å². The van der Waals surface area contributed by atoms with Gasteiger partial charge in [-0.25, -0.2) is 0 Å². The summed E-state index contributed by atoms with van der Waals surface area (Å²) in [5, 5.41) is 1.15. The highest BCUT2D eigenvalue weighted by molar-refractivity contribution is 9.10. The number of aromatic amines is 1. The molecule has 1 N–H and O–H groups in total. The number of aromatic nitrogens is 1. The lowest BCUT2D eigenvalue weighted by molar-refractivity contribution is -0.0429. The Morgan fingerprint density at radius 2 is 2.07 bits per heavy atom. The molecule has 15 heavy (non-hydrogen) atoms. The van der Waals surface area contributed by atoms with Gasteiger partial charge in [0.25, 0.3) is 0 Å². The minimum absolute atomic E-state index is 0.215.